The van der Waals surface area contributed by atoms with Crippen molar-refractivity contribution in [3.05, 3.63) is 76.7 Å². The van der Waals surface area contributed by atoms with Crippen LogP contribution in [0.4, 0.5) is 5.69 Å². The van der Waals surface area contributed by atoms with E-state index in [-0.39, 0.29) is 12.5 Å². The molecule has 2 aromatic carbocycles. The molecule has 0 aliphatic heterocycles. The van der Waals surface area contributed by atoms with E-state index in [4.69, 9.17) is 0 Å². The first-order valence-electron chi connectivity index (χ1n) is 8.44. The van der Waals surface area contributed by atoms with Crippen LogP contribution >= 0.6 is 0 Å². The largest absolute Gasteiger partial charge is 0.380 e. The van der Waals surface area contributed by atoms with E-state index in [1.165, 1.54) is 6.08 Å². The van der Waals surface area contributed by atoms with Gasteiger partial charge in [-0.1, -0.05) is 49.4 Å². The number of sulfone groups is 1. The van der Waals surface area contributed by atoms with Crippen molar-refractivity contribution in [2.75, 3.05) is 18.1 Å². The number of anilines is 1. The zero-order valence-corrected chi connectivity index (χ0v) is 15.8. The van der Waals surface area contributed by atoms with Crippen molar-refractivity contribution in [1.29, 1.82) is 0 Å². The standard InChI is InChI=1S/C20H24N2O3S/c1-3-16-10-11-18(20(23)21-12-7-13-26(2,24)25)19(14-16)22-15-17-8-5-4-6-9-17/h4-11,13-14,22H,3,12,15H2,1-2H3,(H,21,23)/b13-7+. The quantitative estimate of drug-likeness (QED) is 0.746. The van der Waals surface area contributed by atoms with Crippen LogP contribution in [0.25, 0.3) is 0 Å². The van der Waals surface area contributed by atoms with Gasteiger partial charge in [-0.05, 0) is 29.7 Å². The van der Waals surface area contributed by atoms with E-state index in [2.05, 4.69) is 17.6 Å². The van der Waals surface area contributed by atoms with E-state index in [9.17, 15) is 13.2 Å². The summed E-state index contributed by atoms with van der Waals surface area (Å²) in [6, 6.07) is 15.6. The summed E-state index contributed by atoms with van der Waals surface area (Å²) in [5, 5.41) is 7.13. The number of carbonyl (C=O) groups excluding carboxylic acids is 1. The second kappa shape index (κ2) is 9.20. The number of hydrogen-bond acceptors (Lipinski definition) is 4. The summed E-state index contributed by atoms with van der Waals surface area (Å²) in [6.45, 7) is 2.83. The summed E-state index contributed by atoms with van der Waals surface area (Å²) in [6.07, 6.45) is 3.41. The molecule has 0 heterocycles. The zero-order valence-electron chi connectivity index (χ0n) is 15.0. The third-order valence-electron chi connectivity index (χ3n) is 3.79. The van der Waals surface area contributed by atoms with E-state index < -0.39 is 9.84 Å². The Hall–Kier alpha value is -2.60. The summed E-state index contributed by atoms with van der Waals surface area (Å²) in [5.74, 6) is -0.249. The topological polar surface area (TPSA) is 75.3 Å². The van der Waals surface area contributed by atoms with Gasteiger partial charge >= 0.3 is 0 Å². The smallest absolute Gasteiger partial charge is 0.253 e. The van der Waals surface area contributed by atoms with Crippen LogP contribution in [-0.4, -0.2) is 27.1 Å². The summed E-state index contributed by atoms with van der Waals surface area (Å²) >= 11 is 0. The maximum atomic E-state index is 12.5. The first kappa shape index (κ1) is 19.7. The molecule has 0 radical (unpaired) electrons. The minimum atomic E-state index is -3.19. The van der Waals surface area contributed by atoms with Crippen LogP contribution in [0, 0.1) is 0 Å². The second-order valence-electron chi connectivity index (χ2n) is 5.98. The molecule has 2 aromatic rings. The Bertz CT molecular complexity index is 875. The van der Waals surface area contributed by atoms with Gasteiger partial charge in [-0.2, -0.15) is 0 Å². The Labute approximate surface area is 155 Å². The number of nitrogens with one attached hydrogen (secondary N) is 2. The van der Waals surface area contributed by atoms with Crippen LogP contribution in [0.2, 0.25) is 0 Å². The Kier molecular flexibility index (Phi) is 6.97. The molecule has 0 aromatic heterocycles. The van der Waals surface area contributed by atoms with Crippen molar-refractivity contribution in [3.63, 3.8) is 0 Å². The van der Waals surface area contributed by atoms with Crippen LogP contribution in [-0.2, 0) is 22.8 Å². The highest BCUT2D eigenvalue weighted by Gasteiger charge is 2.11. The first-order valence-corrected chi connectivity index (χ1v) is 10.4. The number of aryl methyl sites for hydroxylation is 1. The molecule has 138 valence electrons. The minimum Gasteiger partial charge on any atom is -0.380 e. The van der Waals surface area contributed by atoms with Gasteiger partial charge in [0.05, 0.1) is 5.56 Å². The summed E-state index contributed by atoms with van der Waals surface area (Å²) in [7, 11) is -3.19. The molecule has 0 aliphatic rings. The van der Waals surface area contributed by atoms with Gasteiger partial charge in [0, 0.05) is 30.4 Å². The molecule has 0 saturated carbocycles. The number of benzene rings is 2. The van der Waals surface area contributed by atoms with Crippen molar-refractivity contribution in [2.24, 2.45) is 0 Å². The molecule has 0 unspecified atom stereocenters. The summed E-state index contributed by atoms with van der Waals surface area (Å²) < 4.78 is 22.2. The van der Waals surface area contributed by atoms with Crippen molar-refractivity contribution in [1.82, 2.24) is 5.32 Å². The van der Waals surface area contributed by atoms with E-state index in [1.54, 1.807) is 6.07 Å². The van der Waals surface area contributed by atoms with E-state index >= 15 is 0 Å². The number of rotatable bonds is 8. The highest BCUT2D eigenvalue weighted by atomic mass is 32.2. The lowest BCUT2D eigenvalue weighted by Gasteiger charge is -2.13. The second-order valence-corrected chi connectivity index (χ2v) is 7.92. The third kappa shape index (κ3) is 6.37. The van der Waals surface area contributed by atoms with Crippen LogP contribution < -0.4 is 10.6 Å². The number of amides is 1. The van der Waals surface area contributed by atoms with Crippen LogP contribution in [0.1, 0.15) is 28.4 Å². The highest BCUT2D eigenvalue weighted by molar-refractivity contribution is 7.93. The number of carbonyl (C=O) groups is 1. The molecular formula is C20H24N2O3S. The van der Waals surface area contributed by atoms with Gasteiger partial charge in [-0.15, -0.1) is 0 Å². The molecule has 0 saturated heterocycles. The third-order valence-corrected chi connectivity index (χ3v) is 4.47. The van der Waals surface area contributed by atoms with Gasteiger partial charge < -0.3 is 10.6 Å². The zero-order chi connectivity index (χ0) is 19.0. The van der Waals surface area contributed by atoms with Gasteiger partial charge in [-0.25, -0.2) is 8.42 Å². The summed E-state index contributed by atoms with van der Waals surface area (Å²) in [5.41, 5.74) is 3.55. The van der Waals surface area contributed by atoms with Crippen molar-refractivity contribution in [3.8, 4) is 0 Å². The van der Waals surface area contributed by atoms with Crippen LogP contribution in [0.5, 0.6) is 0 Å². The lowest BCUT2D eigenvalue weighted by atomic mass is 10.1. The normalized spacial score (nSPS) is 11.5. The predicted octanol–water partition coefficient (Wildman–Crippen LogP) is 3.15. The molecule has 2 rings (SSSR count). The van der Waals surface area contributed by atoms with Crippen LogP contribution in [0.15, 0.2) is 60.0 Å². The Morgan fingerprint density at radius 2 is 1.81 bits per heavy atom. The molecule has 0 atom stereocenters. The highest BCUT2D eigenvalue weighted by Crippen LogP contribution is 2.19. The molecule has 0 fully saturated rings. The Morgan fingerprint density at radius 1 is 1.08 bits per heavy atom. The lowest BCUT2D eigenvalue weighted by Crippen LogP contribution is -2.24. The molecule has 0 aliphatic carbocycles. The monoisotopic (exact) mass is 372 g/mol. The van der Waals surface area contributed by atoms with Crippen molar-refractivity contribution in [2.45, 2.75) is 19.9 Å². The molecule has 26 heavy (non-hydrogen) atoms. The fourth-order valence-corrected chi connectivity index (χ4v) is 2.86. The van der Waals surface area contributed by atoms with Gasteiger partial charge in [0.25, 0.3) is 5.91 Å². The molecule has 0 spiro atoms. The molecule has 5 nitrogen and oxygen atoms in total. The average Bonchev–Trinajstić information content (AvgIpc) is 2.63. The van der Waals surface area contributed by atoms with Crippen molar-refractivity contribution < 1.29 is 13.2 Å². The molecule has 2 N–H and O–H groups in total. The summed E-state index contributed by atoms with van der Waals surface area (Å²) in [4.78, 5) is 12.5. The first-order chi connectivity index (χ1) is 12.4. The lowest BCUT2D eigenvalue weighted by molar-refractivity contribution is 0.0958. The maximum Gasteiger partial charge on any atom is 0.253 e. The van der Waals surface area contributed by atoms with Gasteiger partial charge in [0.2, 0.25) is 0 Å². The fourth-order valence-electron chi connectivity index (χ4n) is 2.42. The van der Waals surface area contributed by atoms with Gasteiger partial charge in [0.15, 0.2) is 9.84 Å². The minimum absolute atomic E-state index is 0.152. The van der Waals surface area contributed by atoms with E-state index in [0.717, 1.165) is 34.9 Å². The maximum absolute atomic E-state index is 12.5. The van der Waals surface area contributed by atoms with Crippen LogP contribution in [0.3, 0.4) is 0 Å². The van der Waals surface area contributed by atoms with Gasteiger partial charge in [-0.3, -0.25) is 4.79 Å². The van der Waals surface area contributed by atoms with Gasteiger partial charge in [0.1, 0.15) is 0 Å². The Morgan fingerprint density at radius 3 is 2.46 bits per heavy atom. The molecule has 6 heteroatoms. The Balaban J connectivity index is 2.11. The predicted molar refractivity (Wildman–Crippen MR) is 106 cm³/mol. The SMILES string of the molecule is CCc1ccc(C(=O)NC/C=C/S(C)(=O)=O)c(NCc2ccccc2)c1. The van der Waals surface area contributed by atoms with E-state index in [0.29, 0.717) is 12.1 Å². The fraction of sp³-hybridized carbons (Fsp3) is 0.250. The van der Waals surface area contributed by atoms with Crippen molar-refractivity contribution >= 4 is 21.4 Å². The number of hydrogen-bond donors (Lipinski definition) is 2. The van der Waals surface area contributed by atoms with E-state index in [1.807, 2.05) is 42.5 Å². The molecule has 1 amide bonds. The molecular weight excluding hydrogens is 348 g/mol. The average molecular weight is 372 g/mol. The molecule has 0 bridgehead atoms.